The molecule has 0 amide bonds. The van der Waals surface area contributed by atoms with Crippen molar-refractivity contribution in [3.63, 3.8) is 0 Å². The molecule has 2 aliphatic heterocycles. The van der Waals surface area contributed by atoms with Gasteiger partial charge in [0, 0.05) is 50.9 Å². The van der Waals surface area contributed by atoms with Crippen LogP contribution in [0.15, 0.2) is 28.4 Å². The molecule has 1 saturated carbocycles. The summed E-state index contributed by atoms with van der Waals surface area (Å²) in [5, 5.41) is 24.3. The Morgan fingerprint density at radius 2 is 1.87 bits per heavy atom. The van der Waals surface area contributed by atoms with Crippen LogP contribution in [0.5, 0.6) is 11.5 Å². The summed E-state index contributed by atoms with van der Waals surface area (Å²) in [6.45, 7) is 8.77. The van der Waals surface area contributed by atoms with Crippen LogP contribution in [0, 0.1) is 11.3 Å². The fourth-order valence-electron chi connectivity index (χ4n) is 7.25. The van der Waals surface area contributed by atoms with E-state index in [1.54, 1.807) is 20.3 Å². The number of carbonyl (C=O) groups excluding carboxylic acids is 1. The van der Waals surface area contributed by atoms with Gasteiger partial charge in [0.2, 0.25) is 0 Å². The van der Waals surface area contributed by atoms with E-state index >= 15 is 0 Å². The average molecular weight is 528 g/mol. The fraction of sp³-hybridized carbons (Fsp3) is 0.655. The highest BCUT2D eigenvalue weighted by molar-refractivity contribution is 5.86. The van der Waals surface area contributed by atoms with Gasteiger partial charge in [0.05, 0.1) is 20.4 Å². The van der Waals surface area contributed by atoms with Gasteiger partial charge in [-0.05, 0) is 61.6 Å². The van der Waals surface area contributed by atoms with Gasteiger partial charge in [-0.25, -0.2) is 0 Å². The van der Waals surface area contributed by atoms with Crippen molar-refractivity contribution in [2.75, 3.05) is 46.9 Å². The summed E-state index contributed by atoms with van der Waals surface area (Å²) >= 11 is 0. The number of rotatable bonds is 7. The third-order valence-electron chi connectivity index (χ3n) is 9.45. The number of hydrogen-bond donors (Lipinski definition) is 2. The van der Waals surface area contributed by atoms with Gasteiger partial charge < -0.3 is 24.5 Å². The molecule has 3 fully saturated rings. The van der Waals surface area contributed by atoms with Crippen LogP contribution in [0.1, 0.15) is 57.1 Å². The van der Waals surface area contributed by atoms with Gasteiger partial charge in [0.15, 0.2) is 6.10 Å². The predicted molar refractivity (Wildman–Crippen MR) is 143 cm³/mol. The molecule has 2 unspecified atom stereocenters. The molecule has 4 atom stereocenters. The van der Waals surface area contributed by atoms with E-state index in [1.807, 2.05) is 6.07 Å². The summed E-state index contributed by atoms with van der Waals surface area (Å²) in [5.41, 5.74) is 3.06. The van der Waals surface area contributed by atoms with Crippen LogP contribution in [-0.4, -0.2) is 90.9 Å². The molecule has 38 heavy (non-hydrogen) atoms. The summed E-state index contributed by atoms with van der Waals surface area (Å²) in [4.78, 5) is 17.7. The highest BCUT2D eigenvalue weighted by Gasteiger charge is 2.63. The summed E-state index contributed by atoms with van der Waals surface area (Å²) < 4.78 is 16.9. The van der Waals surface area contributed by atoms with Gasteiger partial charge in [0.1, 0.15) is 23.0 Å². The first-order valence-electron chi connectivity index (χ1n) is 13.7. The molecule has 9 nitrogen and oxygen atoms in total. The number of allylic oxidation sites excluding steroid dienone is 1. The first-order chi connectivity index (χ1) is 18.2. The van der Waals surface area contributed by atoms with Crippen molar-refractivity contribution < 1.29 is 29.3 Å². The molecule has 0 bridgehead atoms. The molecule has 208 valence electrons. The number of nitrogens with zero attached hydrogens (tertiary/aromatic N) is 3. The van der Waals surface area contributed by atoms with Gasteiger partial charge in [-0.1, -0.05) is 17.7 Å². The van der Waals surface area contributed by atoms with E-state index in [0.717, 1.165) is 63.0 Å². The van der Waals surface area contributed by atoms with Crippen molar-refractivity contribution in [1.82, 2.24) is 9.80 Å². The lowest BCUT2D eigenvalue weighted by Crippen LogP contribution is -2.56. The molecule has 2 N–H and O–H groups in total. The number of fused-ring (bicyclic) bond motifs is 3. The van der Waals surface area contributed by atoms with Crippen molar-refractivity contribution in [2.24, 2.45) is 16.5 Å². The van der Waals surface area contributed by atoms with Gasteiger partial charge in [-0.3, -0.25) is 14.6 Å². The maximum absolute atomic E-state index is 13.1. The Bertz CT molecular complexity index is 1130. The molecular weight excluding hydrogens is 486 g/mol. The average Bonchev–Trinajstić information content (AvgIpc) is 3.15. The number of aliphatic hydroxyl groups is 1. The zero-order valence-corrected chi connectivity index (χ0v) is 23.0. The van der Waals surface area contributed by atoms with Crippen LogP contribution in [0.2, 0.25) is 0 Å². The first-order valence-corrected chi connectivity index (χ1v) is 13.7. The highest BCUT2D eigenvalue weighted by Crippen LogP contribution is 2.57. The van der Waals surface area contributed by atoms with E-state index in [9.17, 15) is 15.1 Å². The molecule has 0 radical (unpaired) electrons. The summed E-state index contributed by atoms with van der Waals surface area (Å²) in [5.74, 6) is 0.484. The molecule has 9 heteroatoms. The van der Waals surface area contributed by atoms with Crippen molar-refractivity contribution in [1.29, 1.82) is 0 Å². The van der Waals surface area contributed by atoms with Crippen molar-refractivity contribution >= 4 is 12.2 Å². The number of methoxy groups -OCH3 is 2. The topological polar surface area (TPSA) is 104 Å². The van der Waals surface area contributed by atoms with Crippen LogP contribution in [0.3, 0.4) is 0 Å². The lowest BCUT2D eigenvalue weighted by molar-refractivity contribution is -0.144. The van der Waals surface area contributed by atoms with Crippen LogP contribution in [0.25, 0.3) is 0 Å². The number of esters is 1. The molecule has 1 aromatic rings. The number of carbonyl (C=O) groups is 1. The normalized spacial score (nSPS) is 32.3. The largest absolute Gasteiger partial charge is 0.497 e. The Kier molecular flexibility index (Phi) is 7.46. The SMILES string of the molecule is COc1cc(CN2CCN(CC3C(=O)O[C@H]4C5=C(C)CCC[C@]5(C)CCC34O)CC2)c(C=NO)c(OC)c1. The smallest absolute Gasteiger partial charge is 0.314 e. The number of hydrogen-bond acceptors (Lipinski definition) is 9. The maximum Gasteiger partial charge on any atom is 0.314 e. The Morgan fingerprint density at radius 3 is 2.55 bits per heavy atom. The summed E-state index contributed by atoms with van der Waals surface area (Å²) in [7, 11) is 3.19. The monoisotopic (exact) mass is 527 g/mol. The Morgan fingerprint density at radius 1 is 1.13 bits per heavy atom. The van der Waals surface area contributed by atoms with E-state index in [4.69, 9.17) is 14.2 Å². The molecular formula is C29H41N3O6. The quantitative estimate of drug-likeness (QED) is 0.183. The Hall–Kier alpha value is -2.62. The Balaban J connectivity index is 1.25. The third-order valence-corrected chi connectivity index (χ3v) is 9.45. The Labute approximate surface area is 225 Å². The number of oxime groups is 1. The van der Waals surface area contributed by atoms with Crippen LogP contribution >= 0.6 is 0 Å². The van der Waals surface area contributed by atoms with Crippen molar-refractivity contribution in [3.8, 4) is 11.5 Å². The van der Waals surface area contributed by atoms with Crippen LogP contribution in [-0.2, 0) is 16.1 Å². The van der Waals surface area contributed by atoms with E-state index in [2.05, 4.69) is 28.8 Å². The molecule has 4 aliphatic rings. The van der Waals surface area contributed by atoms with E-state index in [-0.39, 0.29) is 11.4 Å². The van der Waals surface area contributed by atoms with E-state index < -0.39 is 17.6 Å². The second-order valence-electron chi connectivity index (χ2n) is 11.7. The van der Waals surface area contributed by atoms with Gasteiger partial charge in [0.25, 0.3) is 0 Å². The van der Waals surface area contributed by atoms with Crippen molar-refractivity contribution in [3.05, 3.63) is 34.4 Å². The molecule has 0 spiro atoms. The fourth-order valence-corrected chi connectivity index (χ4v) is 7.25. The predicted octanol–water partition coefficient (Wildman–Crippen LogP) is 3.20. The standard InChI is InChI=1S/C29H41N3O6/c1-19-6-5-7-28(2)8-9-29(34)23(27(33)38-26(29)25(19)28)18-32-12-10-31(11-13-32)17-20-14-21(36-3)15-24(37-4)22(20)16-30-35/h14-16,23,26,34-35H,5-13,17-18H2,1-4H3/t23?,26-,28+,29?/m0/s1. The van der Waals surface area contributed by atoms with Gasteiger partial charge in [-0.15, -0.1) is 0 Å². The van der Waals surface area contributed by atoms with E-state index in [0.29, 0.717) is 31.0 Å². The highest BCUT2D eigenvalue weighted by atomic mass is 16.6. The summed E-state index contributed by atoms with van der Waals surface area (Å²) in [6.07, 6.45) is 5.68. The summed E-state index contributed by atoms with van der Waals surface area (Å²) in [6, 6.07) is 3.71. The molecule has 1 aromatic carbocycles. The zero-order chi connectivity index (χ0) is 27.1. The number of benzene rings is 1. The first kappa shape index (κ1) is 27.0. The molecule has 2 heterocycles. The second kappa shape index (κ2) is 10.5. The second-order valence-corrected chi connectivity index (χ2v) is 11.7. The molecule has 5 rings (SSSR count). The minimum absolute atomic E-state index is 0.0302. The maximum atomic E-state index is 13.1. The third kappa shape index (κ3) is 4.69. The van der Waals surface area contributed by atoms with Crippen molar-refractivity contribution in [2.45, 2.75) is 64.2 Å². The number of piperazine rings is 1. The van der Waals surface area contributed by atoms with Crippen LogP contribution < -0.4 is 9.47 Å². The minimum Gasteiger partial charge on any atom is -0.497 e. The minimum atomic E-state index is -1.13. The molecule has 0 aromatic heterocycles. The lowest BCUT2D eigenvalue weighted by Gasteiger charge is -2.49. The van der Waals surface area contributed by atoms with Gasteiger partial charge in [-0.2, -0.15) is 0 Å². The zero-order valence-electron chi connectivity index (χ0n) is 23.0. The van der Waals surface area contributed by atoms with Gasteiger partial charge >= 0.3 is 5.97 Å². The van der Waals surface area contributed by atoms with E-state index in [1.165, 1.54) is 17.4 Å². The van der Waals surface area contributed by atoms with Crippen LogP contribution in [0.4, 0.5) is 0 Å². The molecule has 2 saturated heterocycles. The molecule has 2 aliphatic carbocycles. The lowest BCUT2D eigenvalue weighted by atomic mass is 9.58. The number of ether oxygens (including phenoxy) is 3.